The van der Waals surface area contributed by atoms with Crippen LogP contribution in [-0.2, 0) is 19.2 Å². The molecular weight excluding hydrogens is 361 g/mol. The van der Waals surface area contributed by atoms with Crippen LogP contribution in [0.5, 0.6) is 0 Å². The van der Waals surface area contributed by atoms with Gasteiger partial charge in [-0.15, -0.1) is 0 Å². The van der Waals surface area contributed by atoms with Gasteiger partial charge in [0.15, 0.2) is 0 Å². The van der Waals surface area contributed by atoms with Crippen molar-refractivity contribution in [3.63, 3.8) is 0 Å². The smallest absolute Gasteiger partial charge is 0.480 e. The summed E-state index contributed by atoms with van der Waals surface area (Å²) in [5.74, 6) is -4.91. The molecule has 0 heterocycles. The molecule has 0 radical (unpaired) electrons. The van der Waals surface area contributed by atoms with Crippen LogP contribution in [0.3, 0.4) is 0 Å². The fraction of sp³-hybridized carbons (Fsp3) is 0.600. The van der Waals surface area contributed by atoms with E-state index in [4.69, 9.17) is 35.7 Å². The maximum Gasteiger partial charge on any atom is 1.00 e. The van der Waals surface area contributed by atoms with Crippen LogP contribution in [0.2, 0.25) is 0 Å². The van der Waals surface area contributed by atoms with Crippen molar-refractivity contribution in [1.82, 2.24) is 9.80 Å². The summed E-state index contributed by atoms with van der Waals surface area (Å²) in [7, 11) is 0. The number of rotatable bonds is 11. The molecule has 0 aromatic heterocycles. The summed E-state index contributed by atoms with van der Waals surface area (Å²) in [6.07, 6.45) is 0. The van der Waals surface area contributed by atoms with Crippen LogP contribution >= 0.6 is 0 Å². The van der Waals surface area contributed by atoms with Crippen LogP contribution in [0.1, 0.15) is 0 Å². The molecule has 0 saturated heterocycles. The first kappa shape index (κ1) is 27.8. The minimum Gasteiger partial charge on any atom is -0.480 e. The van der Waals surface area contributed by atoms with Gasteiger partial charge in [0.2, 0.25) is 0 Å². The third kappa shape index (κ3) is 24.4. The standard InChI is InChI=1S/C10H16N2O8.NO3.Na/c13-7(14)3-11(4-8(15)16)1-2-12(5-9(17)18)6-10(19)20;2-1(3)4;/h1-6H2,(H,13,14)(H,15,16)(H,17,18)(H,19,20);;/q;-1;+1. The number of carboxylic acids is 4. The zero-order chi connectivity index (χ0) is 19.3. The third-order valence-electron chi connectivity index (χ3n) is 2.17. The van der Waals surface area contributed by atoms with Crippen molar-refractivity contribution in [3.05, 3.63) is 15.3 Å². The van der Waals surface area contributed by atoms with E-state index < -0.39 is 55.1 Å². The maximum absolute atomic E-state index is 10.6. The second-order valence-electron chi connectivity index (χ2n) is 4.22. The third-order valence-corrected chi connectivity index (χ3v) is 2.17. The van der Waals surface area contributed by atoms with Crippen molar-refractivity contribution in [2.75, 3.05) is 39.3 Å². The molecule has 0 fully saturated rings. The number of carbonyl (C=O) groups is 4. The summed E-state index contributed by atoms with van der Waals surface area (Å²) in [6.45, 7) is -2.25. The first-order valence-corrected chi connectivity index (χ1v) is 6.07. The molecule has 0 aromatic carbocycles. The number of aliphatic carboxylic acids is 4. The molecule has 14 nitrogen and oxygen atoms in total. The van der Waals surface area contributed by atoms with Gasteiger partial charge in [-0.25, -0.2) is 0 Å². The summed E-state index contributed by atoms with van der Waals surface area (Å²) < 4.78 is 0. The summed E-state index contributed by atoms with van der Waals surface area (Å²) in [5.41, 5.74) is 0. The van der Waals surface area contributed by atoms with Crippen LogP contribution in [0.15, 0.2) is 0 Å². The quantitative estimate of drug-likeness (QED) is 0.150. The van der Waals surface area contributed by atoms with Gasteiger partial charge in [-0.2, -0.15) is 0 Å². The van der Waals surface area contributed by atoms with Gasteiger partial charge < -0.3 is 35.7 Å². The molecule has 15 heteroatoms. The molecule has 0 rings (SSSR count). The Morgan fingerprint density at radius 3 is 0.960 bits per heavy atom. The van der Waals surface area contributed by atoms with E-state index in [1.165, 1.54) is 0 Å². The van der Waals surface area contributed by atoms with E-state index in [2.05, 4.69) is 0 Å². The van der Waals surface area contributed by atoms with Crippen LogP contribution < -0.4 is 29.6 Å². The van der Waals surface area contributed by atoms with E-state index in [-0.39, 0.29) is 42.6 Å². The topological polar surface area (TPSA) is 222 Å². The van der Waals surface area contributed by atoms with E-state index in [0.717, 1.165) is 9.80 Å². The fourth-order valence-electron chi connectivity index (χ4n) is 1.48. The van der Waals surface area contributed by atoms with Crippen LogP contribution in [0, 0.1) is 15.3 Å². The largest absolute Gasteiger partial charge is 1.00 e. The first-order chi connectivity index (χ1) is 10.9. The molecule has 25 heavy (non-hydrogen) atoms. The Morgan fingerprint density at radius 1 is 0.680 bits per heavy atom. The summed E-state index contributed by atoms with van der Waals surface area (Å²) in [4.78, 5) is 52.6. The van der Waals surface area contributed by atoms with Gasteiger partial charge in [0.1, 0.15) is 0 Å². The van der Waals surface area contributed by atoms with E-state index in [1.807, 2.05) is 0 Å². The number of hydrogen-bond donors (Lipinski definition) is 4. The van der Waals surface area contributed by atoms with Crippen LogP contribution in [0.4, 0.5) is 0 Å². The molecule has 0 unspecified atom stereocenters. The Kier molecular flexibility index (Phi) is 17.3. The van der Waals surface area contributed by atoms with Gasteiger partial charge >= 0.3 is 53.4 Å². The van der Waals surface area contributed by atoms with E-state index >= 15 is 0 Å². The van der Waals surface area contributed by atoms with Gasteiger partial charge in [0.25, 0.3) is 0 Å². The molecule has 4 N–H and O–H groups in total. The molecule has 0 amide bonds. The Morgan fingerprint density at radius 2 is 0.840 bits per heavy atom. The predicted molar refractivity (Wildman–Crippen MR) is 73.8 cm³/mol. The molecule has 0 aliphatic heterocycles. The molecular formula is C10H16N3NaO11. The maximum atomic E-state index is 10.6. The van der Waals surface area contributed by atoms with Gasteiger partial charge in [0, 0.05) is 13.1 Å². The second-order valence-corrected chi connectivity index (χ2v) is 4.22. The van der Waals surface area contributed by atoms with Crippen molar-refractivity contribution in [2.45, 2.75) is 0 Å². The van der Waals surface area contributed by atoms with Crippen molar-refractivity contribution in [1.29, 1.82) is 0 Å². The van der Waals surface area contributed by atoms with Gasteiger partial charge in [0.05, 0.1) is 31.3 Å². The molecule has 138 valence electrons. The van der Waals surface area contributed by atoms with E-state index in [9.17, 15) is 19.2 Å². The Balaban J connectivity index is -0.000000867. The minimum atomic E-state index is -1.75. The molecule has 0 saturated carbocycles. The Hall–Kier alpha value is -2.00. The first-order valence-electron chi connectivity index (χ1n) is 6.07. The van der Waals surface area contributed by atoms with Crippen molar-refractivity contribution in [2.24, 2.45) is 0 Å². The number of nitrogens with zero attached hydrogens (tertiary/aromatic N) is 3. The number of carboxylic acid groups (broad SMARTS) is 4. The average Bonchev–Trinajstić information content (AvgIpc) is 2.32. The number of hydrogen-bond acceptors (Lipinski definition) is 9. The van der Waals surface area contributed by atoms with Gasteiger partial charge in [-0.3, -0.25) is 29.0 Å². The predicted octanol–water partition coefficient (Wildman–Crippen LogP) is -5.31. The second kappa shape index (κ2) is 15.5. The zero-order valence-corrected chi connectivity index (χ0v) is 15.2. The van der Waals surface area contributed by atoms with Crippen molar-refractivity contribution in [3.8, 4) is 0 Å². The zero-order valence-electron chi connectivity index (χ0n) is 13.2. The molecule has 0 bridgehead atoms. The monoisotopic (exact) mass is 377 g/mol. The Bertz CT molecular complexity index is 401. The van der Waals surface area contributed by atoms with Crippen molar-refractivity contribution < 1.29 is 74.2 Å². The normalized spacial score (nSPS) is 9.52. The summed E-state index contributed by atoms with van der Waals surface area (Å²) >= 11 is 0. The minimum absolute atomic E-state index is 0. The molecule has 0 aliphatic carbocycles. The van der Waals surface area contributed by atoms with E-state index in [0.29, 0.717) is 0 Å². The Labute approximate surface area is 162 Å². The van der Waals surface area contributed by atoms with E-state index in [1.54, 1.807) is 0 Å². The molecule has 0 spiro atoms. The van der Waals surface area contributed by atoms with Crippen molar-refractivity contribution >= 4 is 23.9 Å². The summed E-state index contributed by atoms with van der Waals surface area (Å²) in [6, 6.07) is 0. The fourth-order valence-corrected chi connectivity index (χ4v) is 1.48. The average molecular weight is 377 g/mol. The molecule has 0 aromatic rings. The van der Waals surface area contributed by atoms with Gasteiger partial charge in [-0.05, 0) is 0 Å². The van der Waals surface area contributed by atoms with Crippen LogP contribution in [0.25, 0.3) is 0 Å². The van der Waals surface area contributed by atoms with Gasteiger partial charge in [-0.1, -0.05) is 0 Å². The van der Waals surface area contributed by atoms with Crippen LogP contribution in [-0.4, -0.2) is 98.5 Å². The summed E-state index contributed by atoms with van der Waals surface area (Å²) in [5, 5.41) is 49.2. The SMILES string of the molecule is O=C(O)CN(CCN(CC(=O)O)CC(=O)O)CC(=O)O.O=[N+]([O-])[O-].[Na+]. The molecule has 0 aliphatic rings. The molecule has 0 atom stereocenters.